The second kappa shape index (κ2) is 9.13. The molecule has 1 N–H and O–H groups in total. The molecule has 35 heavy (non-hydrogen) atoms. The number of carboxylic acid groups (broad SMARTS) is 1. The van der Waals surface area contributed by atoms with Crippen LogP contribution in [0.5, 0.6) is 0 Å². The average Bonchev–Trinajstić information content (AvgIpc) is 3.31. The molecule has 1 unspecified atom stereocenters. The van der Waals surface area contributed by atoms with Crippen LogP contribution in [0.1, 0.15) is 52.6 Å². The summed E-state index contributed by atoms with van der Waals surface area (Å²) in [5.41, 5.74) is 5.91. The van der Waals surface area contributed by atoms with Crippen molar-refractivity contribution >= 4 is 38.9 Å². The molecule has 0 spiro atoms. The summed E-state index contributed by atoms with van der Waals surface area (Å²) < 4.78 is 2.91. The number of nitrogens with zero attached hydrogens (tertiary/aromatic N) is 5. The molecule has 0 amide bonds. The number of carbonyl (C=O) groups is 1. The molecule has 0 radical (unpaired) electrons. The molecule has 0 aliphatic carbocycles. The number of fused-ring (bicyclic) bond motifs is 3. The number of benzene rings is 1. The molecule has 178 valence electrons. The Kier molecular flexibility index (Phi) is 6.14. The van der Waals surface area contributed by atoms with Crippen LogP contribution in [0.4, 0.5) is 0 Å². The van der Waals surface area contributed by atoms with E-state index in [1.807, 2.05) is 42.8 Å². The summed E-state index contributed by atoms with van der Waals surface area (Å²) in [6, 6.07) is 9.57. The fourth-order valence-electron chi connectivity index (χ4n) is 4.54. The van der Waals surface area contributed by atoms with E-state index >= 15 is 0 Å². The van der Waals surface area contributed by atoms with Crippen LogP contribution in [-0.4, -0.2) is 36.5 Å². The normalized spacial score (nSPS) is 15.7. The van der Waals surface area contributed by atoms with Crippen molar-refractivity contribution in [1.82, 2.24) is 19.7 Å². The SMILES string of the molecule is CCC(C(=O)O)[C@@H]1N=C(c2ccc(-c3cncc(Br)c3)cc2)c2c(sc(C)c2C)-n2c(C)nnc21. The fourth-order valence-corrected chi connectivity index (χ4v) is 6.12. The van der Waals surface area contributed by atoms with Gasteiger partial charge in [0, 0.05) is 38.4 Å². The van der Waals surface area contributed by atoms with Crippen molar-refractivity contribution in [1.29, 1.82) is 0 Å². The molecular weight excluding hydrogens is 526 g/mol. The van der Waals surface area contributed by atoms with Gasteiger partial charge < -0.3 is 5.11 Å². The van der Waals surface area contributed by atoms with Crippen LogP contribution in [0.15, 0.2) is 52.2 Å². The number of pyridine rings is 1. The van der Waals surface area contributed by atoms with E-state index in [-0.39, 0.29) is 0 Å². The van der Waals surface area contributed by atoms with Gasteiger partial charge in [0.15, 0.2) is 5.82 Å². The lowest BCUT2D eigenvalue weighted by atomic mass is 9.95. The van der Waals surface area contributed by atoms with Gasteiger partial charge in [-0.2, -0.15) is 0 Å². The van der Waals surface area contributed by atoms with Crippen LogP contribution in [0.2, 0.25) is 0 Å². The van der Waals surface area contributed by atoms with Crippen molar-refractivity contribution in [2.75, 3.05) is 0 Å². The first-order valence-electron chi connectivity index (χ1n) is 11.3. The zero-order chi connectivity index (χ0) is 24.9. The number of aliphatic imine (C=N–C) groups is 1. The maximum atomic E-state index is 12.2. The number of hydrogen-bond donors (Lipinski definition) is 1. The van der Waals surface area contributed by atoms with Gasteiger partial charge in [0.25, 0.3) is 0 Å². The molecular formula is C26H24BrN5O2S. The Morgan fingerprint density at radius 1 is 1.11 bits per heavy atom. The van der Waals surface area contributed by atoms with Crippen LogP contribution in [0.25, 0.3) is 16.1 Å². The monoisotopic (exact) mass is 549 g/mol. The lowest BCUT2D eigenvalue weighted by Gasteiger charge is -2.18. The summed E-state index contributed by atoms with van der Waals surface area (Å²) in [7, 11) is 0. The highest BCUT2D eigenvalue weighted by Crippen LogP contribution is 2.41. The molecule has 2 atom stereocenters. The minimum absolute atomic E-state index is 0.434. The zero-order valence-corrected chi connectivity index (χ0v) is 22.2. The third-order valence-electron chi connectivity index (χ3n) is 6.52. The van der Waals surface area contributed by atoms with Crippen LogP contribution >= 0.6 is 27.3 Å². The van der Waals surface area contributed by atoms with Crippen molar-refractivity contribution in [3.05, 3.63) is 80.4 Å². The summed E-state index contributed by atoms with van der Waals surface area (Å²) in [6.07, 6.45) is 4.02. The Morgan fingerprint density at radius 3 is 2.49 bits per heavy atom. The van der Waals surface area contributed by atoms with Gasteiger partial charge in [0.2, 0.25) is 0 Å². The summed E-state index contributed by atoms with van der Waals surface area (Å²) in [5, 5.41) is 19.7. The number of aryl methyl sites for hydroxylation is 2. The highest BCUT2D eigenvalue weighted by Gasteiger charge is 2.37. The summed E-state index contributed by atoms with van der Waals surface area (Å²) in [4.78, 5) is 22.8. The van der Waals surface area contributed by atoms with E-state index in [1.165, 1.54) is 4.88 Å². The number of halogens is 1. The van der Waals surface area contributed by atoms with Gasteiger partial charge in [-0.3, -0.25) is 19.3 Å². The van der Waals surface area contributed by atoms with Crippen molar-refractivity contribution in [3.63, 3.8) is 0 Å². The quantitative estimate of drug-likeness (QED) is 0.325. The first-order valence-corrected chi connectivity index (χ1v) is 13.0. The first kappa shape index (κ1) is 23.6. The number of rotatable bonds is 5. The molecule has 4 heterocycles. The predicted molar refractivity (Wildman–Crippen MR) is 141 cm³/mol. The maximum absolute atomic E-state index is 12.2. The van der Waals surface area contributed by atoms with E-state index in [0.717, 1.165) is 48.8 Å². The van der Waals surface area contributed by atoms with E-state index in [1.54, 1.807) is 17.5 Å². The molecule has 1 aromatic carbocycles. The smallest absolute Gasteiger partial charge is 0.309 e. The Morgan fingerprint density at radius 2 is 1.83 bits per heavy atom. The maximum Gasteiger partial charge on any atom is 0.309 e. The molecule has 1 aliphatic heterocycles. The van der Waals surface area contributed by atoms with E-state index in [2.05, 4.69) is 57.1 Å². The number of aliphatic carboxylic acids is 1. The van der Waals surface area contributed by atoms with Gasteiger partial charge in [-0.15, -0.1) is 21.5 Å². The Hall–Kier alpha value is -3.17. The molecule has 5 rings (SSSR count). The standard InChI is InChI=1S/C26H24BrN5O2S/c1-5-20(26(33)34)23-24-31-30-15(4)32(24)25-21(13(2)14(3)35-25)22(29-23)17-8-6-16(7-9-17)18-10-19(27)12-28-11-18/h6-12,20,23H,5H2,1-4H3,(H,33,34)/t20?,23-/m0/s1. The van der Waals surface area contributed by atoms with Crippen molar-refractivity contribution < 1.29 is 9.90 Å². The lowest BCUT2D eigenvalue weighted by molar-refractivity contribution is -0.142. The Labute approximate surface area is 215 Å². The number of thiophene rings is 1. The third kappa shape index (κ3) is 4.02. The fraction of sp³-hybridized carbons (Fsp3) is 0.269. The van der Waals surface area contributed by atoms with Gasteiger partial charge in [-0.25, -0.2) is 0 Å². The minimum Gasteiger partial charge on any atom is -0.481 e. The highest BCUT2D eigenvalue weighted by atomic mass is 79.9. The molecule has 4 aromatic rings. The first-order chi connectivity index (χ1) is 16.8. The Balaban J connectivity index is 1.72. The van der Waals surface area contributed by atoms with Crippen molar-refractivity contribution in [3.8, 4) is 16.1 Å². The van der Waals surface area contributed by atoms with Crippen molar-refractivity contribution in [2.24, 2.45) is 10.9 Å². The number of carboxylic acids is 1. The minimum atomic E-state index is -0.886. The highest BCUT2D eigenvalue weighted by molar-refractivity contribution is 9.10. The topological polar surface area (TPSA) is 93.3 Å². The van der Waals surface area contributed by atoms with Crippen molar-refractivity contribution in [2.45, 2.75) is 40.2 Å². The van der Waals surface area contributed by atoms with E-state index in [9.17, 15) is 9.90 Å². The molecule has 0 fully saturated rings. The molecule has 1 aliphatic rings. The lowest BCUT2D eigenvalue weighted by Crippen LogP contribution is -2.23. The molecule has 3 aromatic heterocycles. The van der Waals surface area contributed by atoms with E-state index < -0.39 is 17.9 Å². The third-order valence-corrected chi connectivity index (χ3v) is 8.15. The predicted octanol–water partition coefficient (Wildman–Crippen LogP) is 6.08. The van der Waals surface area contributed by atoms with Crippen LogP contribution in [0, 0.1) is 26.7 Å². The van der Waals surface area contributed by atoms with Gasteiger partial charge in [-0.05, 0) is 60.3 Å². The molecule has 9 heteroatoms. The summed E-state index contributed by atoms with van der Waals surface area (Å²) in [6.45, 7) is 7.96. The average molecular weight is 550 g/mol. The second-order valence-electron chi connectivity index (χ2n) is 8.65. The Bertz CT molecular complexity index is 1470. The van der Waals surface area contributed by atoms with Gasteiger partial charge >= 0.3 is 5.97 Å². The second-order valence-corrected chi connectivity index (χ2v) is 10.8. The van der Waals surface area contributed by atoms with Gasteiger partial charge in [-0.1, -0.05) is 31.2 Å². The van der Waals surface area contributed by atoms with E-state index in [0.29, 0.717) is 12.2 Å². The number of hydrogen-bond acceptors (Lipinski definition) is 6. The van der Waals surface area contributed by atoms with Crippen LogP contribution in [0.3, 0.4) is 0 Å². The van der Waals surface area contributed by atoms with E-state index in [4.69, 9.17) is 4.99 Å². The molecule has 0 saturated heterocycles. The largest absolute Gasteiger partial charge is 0.481 e. The van der Waals surface area contributed by atoms with Crippen LogP contribution in [-0.2, 0) is 4.79 Å². The molecule has 7 nitrogen and oxygen atoms in total. The number of aromatic nitrogens is 4. The van der Waals surface area contributed by atoms with Gasteiger partial charge in [0.1, 0.15) is 16.9 Å². The molecule has 0 bridgehead atoms. The molecule has 0 saturated carbocycles. The van der Waals surface area contributed by atoms with Gasteiger partial charge in [0.05, 0.1) is 11.6 Å². The summed E-state index contributed by atoms with van der Waals surface area (Å²) >= 11 is 5.15. The van der Waals surface area contributed by atoms with Crippen LogP contribution < -0.4 is 0 Å². The zero-order valence-electron chi connectivity index (χ0n) is 19.8. The summed E-state index contributed by atoms with van der Waals surface area (Å²) in [5.74, 6) is -0.300.